The molecule has 1 aromatic heterocycles. The molecular weight excluding hydrogens is 312 g/mol. The van der Waals surface area contributed by atoms with Gasteiger partial charge in [0.2, 0.25) is 0 Å². The molecule has 0 radical (unpaired) electrons. The molecule has 0 amide bonds. The molecule has 1 aliphatic rings. The molecule has 2 heterocycles. The van der Waals surface area contributed by atoms with Gasteiger partial charge in [0, 0.05) is 19.3 Å². The summed E-state index contributed by atoms with van der Waals surface area (Å²) in [6, 6.07) is 13.8. The van der Waals surface area contributed by atoms with Gasteiger partial charge in [0.1, 0.15) is 12.4 Å². The molecule has 0 bridgehead atoms. The van der Waals surface area contributed by atoms with Crippen LogP contribution in [-0.4, -0.2) is 28.9 Å². The van der Waals surface area contributed by atoms with E-state index < -0.39 is 0 Å². The van der Waals surface area contributed by atoms with Crippen LogP contribution in [0.15, 0.2) is 53.7 Å². The standard InChI is InChI=1S/C20H26N4O/c1-16-8-11-24(12-9-16)20(21)23-14-17-5-4-7-19(13-17)25-15-18-6-2-3-10-22-18/h2-7,10,13,16H,8-9,11-12,14-15H2,1H3,(H2,21,23). The SMILES string of the molecule is CC1CCN(C(N)=NCc2cccc(OCc3ccccn3)c2)CC1. The summed E-state index contributed by atoms with van der Waals surface area (Å²) in [7, 11) is 0. The zero-order valence-corrected chi connectivity index (χ0v) is 14.8. The van der Waals surface area contributed by atoms with Crippen molar-refractivity contribution < 1.29 is 4.74 Å². The molecule has 0 spiro atoms. The summed E-state index contributed by atoms with van der Waals surface area (Å²) in [6.45, 7) is 5.33. The number of rotatable bonds is 5. The molecular formula is C20H26N4O. The van der Waals surface area contributed by atoms with Gasteiger partial charge in [-0.2, -0.15) is 0 Å². The highest BCUT2D eigenvalue weighted by atomic mass is 16.5. The van der Waals surface area contributed by atoms with Crippen molar-refractivity contribution in [2.45, 2.75) is 32.9 Å². The highest BCUT2D eigenvalue weighted by Gasteiger charge is 2.16. The molecule has 3 rings (SSSR count). The van der Waals surface area contributed by atoms with Crippen molar-refractivity contribution in [1.82, 2.24) is 9.88 Å². The Kier molecular flexibility index (Phi) is 5.88. The van der Waals surface area contributed by atoms with E-state index in [4.69, 9.17) is 10.5 Å². The topological polar surface area (TPSA) is 63.7 Å². The molecule has 1 aromatic carbocycles. The number of nitrogens with zero attached hydrogens (tertiary/aromatic N) is 3. The Labute approximate surface area is 149 Å². The first-order valence-electron chi connectivity index (χ1n) is 8.87. The normalized spacial score (nSPS) is 16.0. The average Bonchev–Trinajstić information content (AvgIpc) is 2.66. The molecule has 0 atom stereocenters. The third kappa shape index (κ3) is 5.21. The molecule has 2 N–H and O–H groups in total. The zero-order chi connectivity index (χ0) is 17.5. The van der Waals surface area contributed by atoms with E-state index in [9.17, 15) is 0 Å². The Morgan fingerprint density at radius 3 is 2.84 bits per heavy atom. The van der Waals surface area contributed by atoms with Gasteiger partial charge in [-0.05, 0) is 48.6 Å². The lowest BCUT2D eigenvalue weighted by molar-refractivity contribution is 0.277. The second kappa shape index (κ2) is 8.51. The summed E-state index contributed by atoms with van der Waals surface area (Å²) in [4.78, 5) is 11.0. The maximum atomic E-state index is 6.15. The summed E-state index contributed by atoms with van der Waals surface area (Å²) in [5, 5.41) is 0. The summed E-state index contributed by atoms with van der Waals surface area (Å²) in [6.07, 6.45) is 4.15. The summed E-state index contributed by atoms with van der Waals surface area (Å²) in [5.74, 6) is 2.26. The van der Waals surface area contributed by atoms with Crippen LogP contribution in [0.1, 0.15) is 31.0 Å². The van der Waals surface area contributed by atoms with Crippen molar-refractivity contribution >= 4 is 5.96 Å². The maximum absolute atomic E-state index is 6.15. The van der Waals surface area contributed by atoms with E-state index in [-0.39, 0.29) is 0 Å². The van der Waals surface area contributed by atoms with E-state index in [2.05, 4.69) is 21.8 Å². The van der Waals surface area contributed by atoms with Gasteiger partial charge < -0.3 is 15.4 Å². The highest BCUT2D eigenvalue weighted by Crippen LogP contribution is 2.17. The van der Waals surface area contributed by atoms with Crippen molar-refractivity contribution in [3.8, 4) is 5.75 Å². The Morgan fingerprint density at radius 1 is 1.24 bits per heavy atom. The van der Waals surface area contributed by atoms with Crippen molar-refractivity contribution in [3.63, 3.8) is 0 Å². The lowest BCUT2D eigenvalue weighted by Gasteiger charge is -2.31. The number of guanidine groups is 1. The van der Waals surface area contributed by atoms with Gasteiger partial charge in [-0.3, -0.25) is 4.98 Å². The predicted octanol–water partition coefficient (Wildman–Crippen LogP) is 3.21. The quantitative estimate of drug-likeness (QED) is 0.672. The van der Waals surface area contributed by atoms with E-state index in [0.29, 0.717) is 19.1 Å². The fourth-order valence-corrected chi connectivity index (χ4v) is 2.88. The van der Waals surface area contributed by atoms with E-state index in [1.54, 1.807) is 6.20 Å². The fraction of sp³-hybridized carbons (Fsp3) is 0.400. The van der Waals surface area contributed by atoms with Gasteiger partial charge in [0.25, 0.3) is 0 Å². The van der Waals surface area contributed by atoms with Crippen LogP contribution in [0, 0.1) is 5.92 Å². The first-order chi connectivity index (χ1) is 12.2. The van der Waals surface area contributed by atoms with E-state index in [1.165, 1.54) is 12.8 Å². The number of hydrogen-bond acceptors (Lipinski definition) is 3. The molecule has 5 heteroatoms. The van der Waals surface area contributed by atoms with Gasteiger partial charge in [0.05, 0.1) is 12.2 Å². The van der Waals surface area contributed by atoms with Gasteiger partial charge in [-0.25, -0.2) is 4.99 Å². The Morgan fingerprint density at radius 2 is 2.08 bits per heavy atom. The molecule has 0 aliphatic carbocycles. The molecule has 1 fully saturated rings. The Balaban J connectivity index is 1.55. The van der Waals surface area contributed by atoms with E-state index in [1.807, 2.05) is 42.5 Å². The number of hydrogen-bond donors (Lipinski definition) is 1. The van der Waals surface area contributed by atoms with Crippen LogP contribution in [0.25, 0.3) is 0 Å². The lowest BCUT2D eigenvalue weighted by atomic mass is 10.00. The molecule has 0 saturated carbocycles. The van der Waals surface area contributed by atoms with Crippen LogP contribution in [0.2, 0.25) is 0 Å². The molecule has 25 heavy (non-hydrogen) atoms. The molecule has 1 saturated heterocycles. The number of piperidine rings is 1. The van der Waals surface area contributed by atoms with Crippen molar-refractivity contribution in [3.05, 3.63) is 59.9 Å². The number of aromatic nitrogens is 1. The lowest BCUT2D eigenvalue weighted by Crippen LogP contribution is -2.42. The molecule has 0 unspecified atom stereocenters. The average molecular weight is 338 g/mol. The third-order valence-electron chi connectivity index (χ3n) is 4.54. The van der Waals surface area contributed by atoms with E-state index in [0.717, 1.165) is 36.0 Å². The third-order valence-corrected chi connectivity index (χ3v) is 4.54. The van der Waals surface area contributed by atoms with Crippen molar-refractivity contribution in [2.75, 3.05) is 13.1 Å². The van der Waals surface area contributed by atoms with Gasteiger partial charge in [0.15, 0.2) is 5.96 Å². The predicted molar refractivity (Wildman–Crippen MR) is 100 cm³/mol. The number of ether oxygens (including phenoxy) is 1. The largest absolute Gasteiger partial charge is 0.487 e. The molecule has 5 nitrogen and oxygen atoms in total. The van der Waals surface area contributed by atoms with Crippen LogP contribution >= 0.6 is 0 Å². The van der Waals surface area contributed by atoms with E-state index >= 15 is 0 Å². The first kappa shape index (κ1) is 17.3. The minimum Gasteiger partial charge on any atom is -0.487 e. The fourth-order valence-electron chi connectivity index (χ4n) is 2.88. The second-order valence-corrected chi connectivity index (χ2v) is 6.60. The second-order valence-electron chi connectivity index (χ2n) is 6.60. The number of pyridine rings is 1. The van der Waals surface area contributed by atoms with Crippen molar-refractivity contribution in [2.24, 2.45) is 16.6 Å². The van der Waals surface area contributed by atoms with Crippen LogP contribution in [0.3, 0.4) is 0 Å². The van der Waals surface area contributed by atoms with Crippen LogP contribution < -0.4 is 10.5 Å². The molecule has 1 aliphatic heterocycles. The molecule has 2 aromatic rings. The van der Waals surface area contributed by atoms with Crippen LogP contribution in [0.5, 0.6) is 5.75 Å². The van der Waals surface area contributed by atoms with Crippen LogP contribution in [-0.2, 0) is 13.2 Å². The summed E-state index contributed by atoms with van der Waals surface area (Å²) >= 11 is 0. The Hall–Kier alpha value is -2.56. The number of likely N-dealkylation sites (tertiary alicyclic amines) is 1. The summed E-state index contributed by atoms with van der Waals surface area (Å²) in [5.41, 5.74) is 8.15. The van der Waals surface area contributed by atoms with Gasteiger partial charge in [-0.15, -0.1) is 0 Å². The number of aliphatic imine (C=N–C) groups is 1. The summed E-state index contributed by atoms with van der Waals surface area (Å²) < 4.78 is 5.82. The monoisotopic (exact) mass is 338 g/mol. The minimum absolute atomic E-state index is 0.460. The maximum Gasteiger partial charge on any atom is 0.191 e. The zero-order valence-electron chi connectivity index (χ0n) is 14.8. The Bertz CT molecular complexity index is 694. The number of benzene rings is 1. The number of nitrogens with two attached hydrogens (primary N) is 1. The van der Waals surface area contributed by atoms with Gasteiger partial charge >= 0.3 is 0 Å². The van der Waals surface area contributed by atoms with Gasteiger partial charge in [-0.1, -0.05) is 25.1 Å². The smallest absolute Gasteiger partial charge is 0.191 e. The minimum atomic E-state index is 0.460. The van der Waals surface area contributed by atoms with Crippen molar-refractivity contribution in [1.29, 1.82) is 0 Å². The molecule has 132 valence electrons. The van der Waals surface area contributed by atoms with Crippen LogP contribution in [0.4, 0.5) is 0 Å². The first-order valence-corrected chi connectivity index (χ1v) is 8.87. The highest BCUT2D eigenvalue weighted by molar-refractivity contribution is 5.78.